The lowest BCUT2D eigenvalue weighted by molar-refractivity contribution is -0.138. The van der Waals surface area contributed by atoms with Gasteiger partial charge in [0.1, 0.15) is 12.6 Å². The molecule has 1 aliphatic carbocycles. The predicted molar refractivity (Wildman–Crippen MR) is 123 cm³/mol. The van der Waals surface area contributed by atoms with Gasteiger partial charge in [-0.1, -0.05) is 49.6 Å². The number of alkyl halides is 3. The van der Waals surface area contributed by atoms with Crippen molar-refractivity contribution in [2.24, 2.45) is 0 Å². The van der Waals surface area contributed by atoms with Gasteiger partial charge in [-0.25, -0.2) is 8.42 Å². The molecule has 12 heteroatoms. The molecule has 3 rings (SSSR count). The molecule has 0 radical (unpaired) electrons. The summed E-state index contributed by atoms with van der Waals surface area (Å²) >= 11 is 0. The van der Waals surface area contributed by atoms with E-state index in [4.69, 9.17) is 5.11 Å². The largest absolute Gasteiger partial charge is 0.501 e. The third-order valence-corrected chi connectivity index (χ3v) is 7.48. The summed E-state index contributed by atoms with van der Waals surface area (Å²) in [6.07, 6.45) is 3.65. The van der Waals surface area contributed by atoms with Crippen LogP contribution in [-0.2, 0) is 19.4 Å². The molecule has 2 aromatic rings. The van der Waals surface area contributed by atoms with Gasteiger partial charge in [0, 0.05) is 11.6 Å². The highest BCUT2D eigenvalue weighted by atomic mass is 32.2. The van der Waals surface area contributed by atoms with E-state index in [1.807, 2.05) is 0 Å². The highest BCUT2D eigenvalue weighted by Crippen LogP contribution is 2.35. The number of aliphatic carboxylic acids is 1. The van der Waals surface area contributed by atoms with Gasteiger partial charge < -0.3 is 15.3 Å². The maximum atomic E-state index is 13.6. The number of sulfone groups is 1. The van der Waals surface area contributed by atoms with Gasteiger partial charge in [0.15, 0.2) is 0 Å². The van der Waals surface area contributed by atoms with Gasteiger partial charge in [-0.05, 0) is 42.7 Å². The number of carbonyl (C=O) groups excluding carboxylic acids is 2. The monoisotopic (exact) mass is 526 g/mol. The third-order valence-electron chi connectivity index (χ3n) is 5.97. The van der Waals surface area contributed by atoms with Gasteiger partial charge in [-0.15, -0.1) is 0 Å². The molecule has 1 aliphatic rings. The summed E-state index contributed by atoms with van der Waals surface area (Å²) in [5, 5.41) is 11.3. The van der Waals surface area contributed by atoms with Crippen LogP contribution in [0.4, 0.5) is 13.2 Å². The van der Waals surface area contributed by atoms with Crippen molar-refractivity contribution in [1.29, 1.82) is 0 Å². The van der Waals surface area contributed by atoms with Gasteiger partial charge >= 0.3 is 11.5 Å². The van der Waals surface area contributed by atoms with Crippen molar-refractivity contribution in [3.8, 4) is 0 Å². The Morgan fingerprint density at radius 2 is 1.56 bits per heavy atom. The number of nitrogens with one attached hydrogen (secondary N) is 1. The van der Waals surface area contributed by atoms with Crippen LogP contribution < -0.4 is 5.32 Å². The van der Waals surface area contributed by atoms with Crippen molar-refractivity contribution in [2.75, 3.05) is 6.54 Å². The lowest BCUT2D eigenvalue weighted by Gasteiger charge is -2.39. The van der Waals surface area contributed by atoms with E-state index in [-0.39, 0.29) is 11.1 Å². The first-order chi connectivity index (χ1) is 16.9. The normalized spacial score (nSPS) is 15.6. The van der Waals surface area contributed by atoms with Crippen LogP contribution in [-0.4, -0.2) is 54.3 Å². The first-order valence-electron chi connectivity index (χ1n) is 11.2. The van der Waals surface area contributed by atoms with Gasteiger partial charge in [-0.3, -0.25) is 14.4 Å². The third kappa shape index (κ3) is 6.04. The number of carboxylic acid groups (broad SMARTS) is 1. The van der Waals surface area contributed by atoms with Crippen molar-refractivity contribution in [2.45, 2.75) is 54.6 Å². The molecule has 36 heavy (non-hydrogen) atoms. The van der Waals surface area contributed by atoms with Crippen LogP contribution >= 0.6 is 0 Å². The molecule has 1 fully saturated rings. The highest BCUT2D eigenvalue weighted by Gasteiger charge is 2.47. The molecule has 0 aromatic heterocycles. The zero-order chi connectivity index (χ0) is 26.5. The van der Waals surface area contributed by atoms with Crippen molar-refractivity contribution in [1.82, 2.24) is 10.2 Å². The van der Waals surface area contributed by atoms with Gasteiger partial charge in [0.25, 0.3) is 15.7 Å². The number of hydrogen-bond acceptors (Lipinski definition) is 5. The van der Waals surface area contributed by atoms with Crippen molar-refractivity contribution >= 4 is 27.6 Å². The quantitative estimate of drug-likeness (QED) is 0.541. The number of carbonyl (C=O) groups is 3. The summed E-state index contributed by atoms with van der Waals surface area (Å²) in [5.41, 5.74) is -5.19. The highest BCUT2D eigenvalue weighted by molar-refractivity contribution is 7.92. The summed E-state index contributed by atoms with van der Waals surface area (Å²) in [7, 11) is -5.62. The first-order valence-corrected chi connectivity index (χ1v) is 12.7. The molecule has 0 saturated heterocycles. The average molecular weight is 527 g/mol. The summed E-state index contributed by atoms with van der Waals surface area (Å²) in [4.78, 5) is 38.3. The minimum atomic E-state index is -5.62. The van der Waals surface area contributed by atoms with Gasteiger partial charge in [0.05, 0.1) is 4.90 Å². The van der Waals surface area contributed by atoms with E-state index in [2.05, 4.69) is 5.32 Å². The summed E-state index contributed by atoms with van der Waals surface area (Å²) < 4.78 is 62.5. The molecule has 0 heterocycles. The fourth-order valence-electron chi connectivity index (χ4n) is 4.24. The van der Waals surface area contributed by atoms with Crippen LogP contribution in [0.15, 0.2) is 59.5 Å². The van der Waals surface area contributed by atoms with Crippen LogP contribution in [0.25, 0.3) is 0 Å². The van der Waals surface area contributed by atoms with Crippen LogP contribution in [0.3, 0.4) is 0 Å². The number of benzene rings is 2. The topological polar surface area (TPSA) is 121 Å². The van der Waals surface area contributed by atoms with Crippen LogP contribution in [0.5, 0.6) is 0 Å². The molecule has 0 spiro atoms. The Bertz CT molecular complexity index is 1190. The molecule has 194 valence electrons. The maximum Gasteiger partial charge on any atom is 0.501 e. The lowest BCUT2D eigenvalue weighted by atomic mass is 9.90. The molecule has 1 atom stereocenters. The number of rotatable bonds is 8. The molecule has 8 nitrogen and oxygen atoms in total. The fraction of sp³-hybridized carbons (Fsp3) is 0.375. The minimum absolute atomic E-state index is 0.0499. The zero-order valence-electron chi connectivity index (χ0n) is 19.1. The molecular weight excluding hydrogens is 501 g/mol. The Labute approximate surface area is 206 Å². The smallest absolute Gasteiger partial charge is 0.480 e. The van der Waals surface area contributed by atoms with Crippen LogP contribution in [0.1, 0.15) is 54.1 Å². The fourth-order valence-corrected chi connectivity index (χ4v) is 5.01. The molecule has 0 aliphatic heterocycles. The Morgan fingerprint density at radius 1 is 0.972 bits per heavy atom. The Hall–Kier alpha value is -3.41. The molecular formula is C24H25F3N2O6S. The van der Waals surface area contributed by atoms with Gasteiger partial charge in [-0.2, -0.15) is 13.2 Å². The first kappa shape index (κ1) is 27.2. The number of amides is 2. The van der Waals surface area contributed by atoms with Crippen LogP contribution in [0.2, 0.25) is 0 Å². The second kappa shape index (κ2) is 11.1. The Morgan fingerprint density at radius 3 is 2.08 bits per heavy atom. The number of carboxylic acids is 1. The van der Waals surface area contributed by atoms with E-state index in [1.165, 1.54) is 4.90 Å². The number of hydrogen-bond donors (Lipinski definition) is 2. The lowest BCUT2D eigenvalue weighted by Crippen LogP contribution is -2.50. The van der Waals surface area contributed by atoms with Crippen LogP contribution in [0, 0.1) is 0 Å². The minimum Gasteiger partial charge on any atom is -0.480 e. The molecule has 1 saturated carbocycles. The summed E-state index contributed by atoms with van der Waals surface area (Å²) in [6.45, 7) is -0.742. The number of nitrogens with zero attached hydrogens (tertiary/aromatic N) is 1. The standard InChI is InChI=1S/C24H25F3N2O6S/c25-24(26,27)36(34,35)19-13-11-16(12-14-19)21(22(32)28-15-20(30)31)29(18-9-5-2-6-10-18)23(33)17-7-3-1-4-8-17/h1,3-4,7-8,11-14,18,21H,2,5-6,9-10,15H2,(H,28,32)(H,30,31). The zero-order valence-corrected chi connectivity index (χ0v) is 19.9. The molecule has 1 unspecified atom stereocenters. The maximum absolute atomic E-state index is 13.6. The molecule has 2 aromatic carbocycles. The predicted octanol–water partition coefficient (Wildman–Crippen LogP) is 3.70. The van der Waals surface area contributed by atoms with Crippen molar-refractivity contribution in [3.05, 3.63) is 65.7 Å². The average Bonchev–Trinajstić information content (AvgIpc) is 2.86. The Balaban J connectivity index is 2.10. The molecule has 2 amide bonds. The van der Waals surface area contributed by atoms with Gasteiger partial charge in [0.2, 0.25) is 5.91 Å². The second-order valence-electron chi connectivity index (χ2n) is 8.40. The van der Waals surface area contributed by atoms with E-state index < -0.39 is 56.7 Å². The summed E-state index contributed by atoms with van der Waals surface area (Å²) in [5.74, 6) is -2.68. The Kier molecular flexibility index (Phi) is 8.39. The van der Waals surface area contributed by atoms with E-state index in [9.17, 15) is 36.0 Å². The molecule has 2 N–H and O–H groups in total. The van der Waals surface area contributed by atoms with E-state index in [0.29, 0.717) is 12.8 Å². The van der Waals surface area contributed by atoms with E-state index in [1.54, 1.807) is 30.3 Å². The number of halogens is 3. The summed E-state index contributed by atoms with van der Waals surface area (Å²) in [6, 6.07) is 9.84. The van der Waals surface area contributed by atoms with Crippen molar-refractivity contribution < 1.29 is 41.1 Å². The molecule has 0 bridgehead atoms. The van der Waals surface area contributed by atoms with E-state index >= 15 is 0 Å². The van der Waals surface area contributed by atoms with Crippen molar-refractivity contribution in [3.63, 3.8) is 0 Å². The SMILES string of the molecule is O=C(O)CNC(=O)C(c1ccc(S(=O)(=O)C(F)(F)F)cc1)N(C(=O)c1ccccc1)C1CCCCC1. The van der Waals surface area contributed by atoms with E-state index in [0.717, 1.165) is 43.5 Å². The second-order valence-corrected chi connectivity index (χ2v) is 10.3.